The second-order valence-corrected chi connectivity index (χ2v) is 11.5. The zero-order valence-electron chi connectivity index (χ0n) is 18.7. The molecule has 2 heterocycles. The summed E-state index contributed by atoms with van der Waals surface area (Å²) in [5, 5.41) is 0. The van der Waals surface area contributed by atoms with E-state index < -0.39 is 10.0 Å². The molecule has 0 atom stereocenters. The Kier molecular flexibility index (Phi) is 6.00. The van der Waals surface area contributed by atoms with Crippen molar-refractivity contribution < 1.29 is 13.2 Å². The molecule has 0 saturated carbocycles. The lowest BCUT2D eigenvalue weighted by molar-refractivity contribution is 0.0697. The number of hydrogen-bond donors (Lipinski definition) is 0. The maximum atomic E-state index is 13.2. The van der Waals surface area contributed by atoms with Crippen LogP contribution in [0.25, 0.3) is 10.2 Å². The zero-order valence-corrected chi connectivity index (χ0v) is 20.3. The van der Waals surface area contributed by atoms with Crippen LogP contribution in [-0.4, -0.2) is 54.3 Å². The molecule has 1 aliphatic heterocycles. The lowest BCUT2D eigenvalue weighted by atomic mass is 10.1. The molecule has 1 aliphatic rings. The molecule has 1 saturated heterocycles. The number of aryl methyl sites for hydroxylation is 2. The molecule has 2 aromatic carbocycles. The molecular formula is C23H27N3O4S2. The Morgan fingerprint density at radius 2 is 1.59 bits per heavy atom. The van der Waals surface area contributed by atoms with Crippen molar-refractivity contribution in [2.75, 3.05) is 26.2 Å². The Labute approximate surface area is 191 Å². The first-order valence-corrected chi connectivity index (χ1v) is 12.9. The van der Waals surface area contributed by atoms with E-state index in [-0.39, 0.29) is 34.8 Å². The largest absolute Gasteiger partial charge is 0.336 e. The minimum Gasteiger partial charge on any atom is -0.336 e. The number of piperazine rings is 1. The van der Waals surface area contributed by atoms with Crippen molar-refractivity contribution in [3.05, 3.63) is 62.8 Å². The summed E-state index contributed by atoms with van der Waals surface area (Å²) in [5.74, 6) is -0.0740. The van der Waals surface area contributed by atoms with Gasteiger partial charge in [0.05, 0.1) is 15.1 Å². The predicted molar refractivity (Wildman–Crippen MR) is 127 cm³/mol. The summed E-state index contributed by atoms with van der Waals surface area (Å²) in [4.78, 5) is 27.0. The summed E-state index contributed by atoms with van der Waals surface area (Å²) < 4.78 is 30.2. The highest BCUT2D eigenvalue weighted by molar-refractivity contribution is 7.89. The van der Waals surface area contributed by atoms with Crippen molar-refractivity contribution >= 4 is 37.5 Å². The Morgan fingerprint density at radius 3 is 2.19 bits per heavy atom. The molecular weight excluding hydrogens is 446 g/mol. The molecule has 4 rings (SSSR count). The van der Waals surface area contributed by atoms with Gasteiger partial charge in [0.25, 0.3) is 5.91 Å². The van der Waals surface area contributed by atoms with Crippen LogP contribution < -0.4 is 4.87 Å². The summed E-state index contributed by atoms with van der Waals surface area (Å²) in [6.45, 7) is 8.91. The molecule has 0 radical (unpaired) electrons. The fraction of sp³-hybridized carbons (Fsp3) is 0.391. The highest BCUT2D eigenvalue weighted by Gasteiger charge is 2.31. The minimum absolute atomic E-state index is 0.00140. The highest BCUT2D eigenvalue weighted by Crippen LogP contribution is 2.26. The molecule has 0 N–H and O–H groups in total. The van der Waals surface area contributed by atoms with Crippen LogP contribution in [-0.2, 0) is 10.0 Å². The highest BCUT2D eigenvalue weighted by atomic mass is 32.2. The molecule has 0 bridgehead atoms. The van der Waals surface area contributed by atoms with E-state index in [1.54, 1.807) is 27.7 Å². The van der Waals surface area contributed by atoms with Crippen LogP contribution in [0.4, 0.5) is 0 Å². The first-order chi connectivity index (χ1) is 15.1. The third kappa shape index (κ3) is 4.12. The number of nitrogens with zero attached hydrogens (tertiary/aromatic N) is 3. The van der Waals surface area contributed by atoms with Gasteiger partial charge in [-0.15, -0.1) is 0 Å². The summed E-state index contributed by atoms with van der Waals surface area (Å²) >= 11 is 1.06. The molecule has 0 spiro atoms. The van der Waals surface area contributed by atoms with Crippen LogP contribution >= 0.6 is 11.3 Å². The normalized spacial score (nSPS) is 15.6. The van der Waals surface area contributed by atoms with E-state index >= 15 is 0 Å². The van der Waals surface area contributed by atoms with Gasteiger partial charge in [-0.25, -0.2) is 8.42 Å². The second kappa shape index (κ2) is 8.46. The lowest BCUT2D eigenvalue weighted by Gasteiger charge is -2.34. The van der Waals surface area contributed by atoms with Gasteiger partial charge >= 0.3 is 4.87 Å². The fourth-order valence-electron chi connectivity index (χ4n) is 4.23. The third-order valence-corrected chi connectivity index (χ3v) is 8.55. The Bertz CT molecular complexity index is 1330. The van der Waals surface area contributed by atoms with Gasteiger partial charge in [0.2, 0.25) is 10.0 Å². The number of sulfonamides is 1. The third-order valence-electron chi connectivity index (χ3n) is 5.73. The van der Waals surface area contributed by atoms with Crippen LogP contribution in [0, 0.1) is 13.8 Å². The molecule has 0 aliphatic carbocycles. The average Bonchev–Trinajstić information content (AvgIpc) is 3.07. The summed E-state index contributed by atoms with van der Waals surface area (Å²) in [7, 11) is -3.71. The van der Waals surface area contributed by atoms with Gasteiger partial charge in [-0.1, -0.05) is 28.5 Å². The first kappa shape index (κ1) is 22.7. The fourth-order valence-corrected chi connectivity index (χ4v) is 6.80. The number of carbonyl (C=O) groups excluding carboxylic acids is 1. The lowest BCUT2D eigenvalue weighted by Crippen LogP contribution is -2.50. The summed E-state index contributed by atoms with van der Waals surface area (Å²) in [6, 6.07) is 10.6. The Hall–Kier alpha value is -2.49. The van der Waals surface area contributed by atoms with E-state index in [9.17, 15) is 18.0 Å². The molecule has 3 aromatic rings. The molecule has 1 amide bonds. The van der Waals surface area contributed by atoms with E-state index in [0.717, 1.165) is 28.0 Å². The minimum atomic E-state index is -3.71. The maximum Gasteiger partial charge on any atom is 0.308 e. The number of rotatable bonds is 4. The van der Waals surface area contributed by atoms with Gasteiger partial charge in [-0.3, -0.25) is 14.2 Å². The predicted octanol–water partition coefficient (Wildman–Crippen LogP) is 3.41. The Morgan fingerprint density at radius 1 is 0.969 bits per heavy atom. The Balaban J connectivity index is 1.53. The van der Waals surface area contributed by atoms with Crippen molar-refractivity contribution in [1.82, 2.24) is 13.8 Å². The van der Waals surface area contributed by atoms with Crippen LogP contribution in [0.5, 0.6) is 0 Å². The number of thiazole rings is 1. The quantitative estimate of drug-likeness (QED) is 0.582. The van der Waals surface area contributed by atoms with Gasteiger partial charge in [0, 0.05) is 37.8 Å². The molecule has 170 valence electrons. The van der Waals surface area contributed by atoms with Gasteiger partial charge in [0.15, 0.2) is 0 Å². The van der Waals surface area contributed by atoms with Crippen molar-refractivity contribution in [3.63, 3.8) is 0 Å². The molecule has 0 unspecified atom stereocenters. The monoisotopic (exact) mass is 473 g/mol. The average molecular weight is 474 g/mol. The number of aromatic nitrogens is 1. The molecule has 7 nitrogen and oxygen atoms in total. The first-order valence-electron chi connectivity index (χ1n) is 10.6. The SMILES string of the molecule is Cc1cc(C)cc(C(=O)N2CCN(S(=O)(=O)c3ccc4c(c3)sc(=O)n4C(C)C)CC2)c1. The molecule has 1 fully saturated rings. The van der Waals surface area contributed by atoms with Gasteiger partial charge < -0.3 is 4.90 Å². The standard InChI is InChI=1S/C23H27N3O4S2/c1-15(2)26-20-6-5-19(14-21(20)31-23(26)28)32(29,30)25-9-7-24(8-10-25)22(27)18-12-16(3)11-17(4)13-18/h5-6,11-15H,7-10H2,1-4H3. The van der Waals surface area contributed by atoms with Crippen molar-refractivity contribution in [3.8, 4) is 0 Å². The second-order valence-electron chi connectivity index (χ2n) is 8.53. The van der Waals surface area contributed by atoms with Crippen LogP contribution in [0.3, 0.4) is 0 Å². The van der Waals surface area contributed by atoms with E-state index in [2.05, 4.69) is 0 Å². The van der Waals surface area contributed by atoms with Crippen molar-refractivity contribution in [2.45, 2.75) is 38.6 Å². The number of hydrogen-bond acceptors (Lipinski definition) is 5. The number of fused-ring (bicyclic) bond motifs is 1. The maximum absolute atomic E-state index is 13.2. The van der Waals surface area contributed by atoms with Crippen molar-refractivity contribution in [2.24, 2.45) is 0 Å². The summed E-state index contributed by atoms with van der Waals surface area (Å²) in [6.07, 6.45) is 0. The molecule has 1 aromatic heterocycles. The van der Waals surface area contributed by atoms with Gasteiger partial charge in [-0.05, 0) is 58.0 Å². The van der Waals surface area contributed by atoms with Gasteiger partial charge in [-0.2, -0.15) is 4.31 Å². The van der Waals surface area contributed by atoms with Gasteiger partial charge in [0.1, 0.15) is 0 Å². The summed E-state index contributed by atoms with van der Waals surface area (Å²) in [5.41, 5.74) is 3.43. The number of benzene rings is 2. The van der Waals surface area contributed by atoms with Crippen LogP contribution in [0.15, 0.2) is 46.1 Å². The van der Waals surface area contributed by atoms with Crippen molar-refractivity contribution in [1.29, 1.82) is 0 Å². The zero-order chi connectivity index (χ0) is 23.2. The smallest absolute Gasteiger partial charge is 0.308 e. The van der Waals surface area contributed by atoms with Crippen LogP contribution in [0.1, 0.15) is 41.4 Å². The van der Waals surface area contributed by atoms with Crippen LogP contribution in [0.2, 0.25) is 0 Å². The molecule has 32 heavy (non-hydrogen) atoms. The van der Waals surface area contributed by atoms with E-state index in [1.165, 1.54) is 4.31 Å². The number of carbonyl (C=O) groups is 1. The topological polar surface area (TPSA) is 79.7 Å². The number of amides is 1. The van der Waals surface area contributed by atoms with E-state index in [0.29, 0.717) is 23.4 Å². The van der Waals surface area contributed by atoms with E-state index in [4.69, 9.17) is 0 Å². The van der Waals surface area contributed by atoms with E-state index in [1.807, 2.05) is 45.9 Å². The molecule has 9 heteroatoms.